The number of anilines is 1. The fourth-order valence-electron chi connectivity index (χ4n) is 1.84. The number of carbonyl (C=O) groups is 1. The number of carbonyl (C=O) groups excluding carboxylic acids is 1. The zero-order valence-electron chi connectivity index (χ0n) is 11.6. The Bertz CT molecular complexity index is 914. The molecule has 0 saturated carbocycles. The second-order valence-corrected chi connectivity index (χ2v) is 5.32. The predicted molar refractivity (Wildman–Crippen MR) is 82.8 cm³/mol. The van der Waals surface area contributed by atoms with E-state index in [1.807, 2.05) is 0 Å². The van der Waals surface area contributed by atoms with E-state index < -0.39 is 0 Å². The van der Waals surface area contributed by atoms with E-state index >= 15 is 0 Å². The molecule has 0 aliphatic carbocycles. The average Bonchev–Trinajstić information content (AvgIpc) is 3.09. The molecule has 0 fully saturated rings. The summed E-state index contributed by atoms with van der Waals surface area (Å²) in [6.45, 7) is 2.10. The first-order valence-electron chi connectivity index (χ1n) is 6.55. The molecule has 7 nitrogen and oxygen atoms in total. The Morgan fingerprint density at radius 1 is 1.41 bits per heavy atom. The number of hydrogen-bond acceptors (Lipinski definition) is 7. The van der Waals surface area contributed by atoms with Crippen molar-refractivity contribution in [3.63, 3.8) is 0 Å². The maximum atomic E-state index is 12.0. The van der Waals surface area contributed by atoms with Crippen LogP contribution in [0, 0.1) is 0 Å². The maximum absolute atomic E-state index is 12.0. The highest BCUT2D eigenvalue weighted by Gasteiger charge is 2.06. The van der Waals surface area contributed by atoms with Crippen molar-refractivity contribution >= 4 is 34.2 Å². The van der Waals surface area contributed by atoms with Gasteiger partial charge in [-0.25, -0.2) is 9.78 Å². The third kappa shape index (κ3) is 2.68. The van der Waals surface area contributed by atoms with Crippen molar-refractivity contribution in [1.29, 1.82) is 0 Å². The van der Waals surface area contributed by atoms with E-state index in [-0.39, 0.29) is 11.5 Å². The Balaban J connectivity index is 1.80. The number of benzene rings is 1. The number of hydrogen-bond donors (Lipinski definition) is 1. The van der Waals surface area contributed by atoms with E-state index in [9.17, 15) is 9.59 Å². The molecule has 112 valence electrons. The van der Waals surface area contributed by atoms with Crippen LogP contribution in [0.5, 0.6) is 0 Å². The van der Waals surface area contributed by atoms with Crippen LogP contribution in [0.1, 0.15) is 17.3 Å². The van der Waals surface area contributed by atoms with Crippen LogP contribution in [-0.2, 0) is 4.74 Å². The lowest BCUT2D eigenvalue weighted by atomic mass is 10.2. The van der Waals surface area contributed by atoms with Crippen LogP contribution >= 0.6 is 11.3 Å². The van der Waals surface area contributed by atoms with Gasteiger partial charge in [0, 0.05) is 11.9 Å². The second kappa shape index (κ2) is 5.94. The molecule has 8 heteroatoms. The lowest BCUT2D eigenvalue weighted by molar-refractivity contribution is 0.0526. The molecule has 0 atom stereocenters. The Kier molecular flexibility index (Phi) is 3.84. The van der Waals surface area contributed by atoms with Crippen molar-refractivity contribution in [3.8, 4) is 0 Å². The molecule has 2 heterocycles. The quantitative estimate of drug-likeness (QED) is 0.720. The molecule has 3 aromatic rings. The molecule has 0 aliphatic rings. The minimum atomic E-state index is -0.356. The molecule has 0 aliphatic heterocycles. The van der Waals surface area contributed by atoms with Gasteiger partial charge in [0.25, 0.3) is 5.56 Å². The van der Waals surface area contributed by atoms with E-state index in [2.05, 4.69) is 15.4 Å². The molecule has 3 rings (SSSR count). The molecular weight excluding hydrogens is 304 g/mol. The Hall–Kier alpha value is -2.74. The van der Waals surface area contributed by atoms with Gasteiger partial charge in [-0.15, -0.1) is 0 Å². The molecule has 0 saturated heterocycles. The summed E-state index contributed by atoms with van der Waals surface area (Å²) in [6, 6.07) is 6.80. The summed E-state index contributed by atoms with van der Waals surface area (Å²) < 4.78 is 6.67. The first-order chi connectivity index (χ1) is 10.7. The molecule has 2 aromatic heterocycles. The summed E-state index contributed by atoms with van der Waals surface area (Å²) in [5.74, 6) is -0.356. The highest BCUT2D eigenvalue weighted by molar-refractivity contribution is 7.15. The minimum absolute atomic E-state index is 0.215. The number of aromatic nitrogens is 3. The SMILES string of the molecule is CCOC(=O)c1ccc(N/C=c2\sc3ncnn3c2=O)cc1. The largest absolute Gasteiger partial charge is 0.462 e. The van der Waals surface area contributed by atoms with E-state index in [0.29, 0.717) is 21.7 Å². The first kappa shape index (κ1) is 14.2. The second-order valence-electron chi connectivity index (χ2n) is 4.31. The van der Waals surface area contributed by atoms with E-state index in [1.165, 1.54) is 22.2 Å². The Labute approximate surface area is 128 Å². The fourth-order valence-corrected chi connectivity index (χ4v) is 2.65. The minimum Gasteiger partial charge on any atom is -0.462 e. The molecule has 0 bridgehead atoms. The number of fused-ring (bicyclic) bond motifs is 1. The molecule has 0 radical (unpaired) electrons. The van der Waals surface area contributed by atoms with Crippen LogP contribution in [0.15, 0.2) is 35.4 Å². The summed E-state index contributed by atoms with van der Waals surface area (Å²) in [4.78, 5) is 28.0. The normalized spacial score (nSPS) is 11.8. The number of esters is 1. The summed E-state index contributed by atoms with van der Waals surface area (Å²) in [7, 11) is 0. The van der Waals surface area contributed by atoms with Crippen LogP contribution in [-0.4, -0.2) is 27.2 Å². The van der Waals surface area contributed by atoms with Gasteiger partial charge in [-0.1, -0.05) is 11.3 Å². The van der Waals surface area contributed by atoms with Gasteiger partial charge in [0.15, 0.2) is 0 Å². The number of thiazole rings is 1. The topological polar surface area (TPSA) is 85.6 Å². The molecule has 1 aromatic carbocycles. The summed E-state index contributed by atoms with van der Waals surface area (Å²) in [5.41, 5.74) is 1.02. The zero-order chi connectivity index (χ0) is 15.5. The summed E-state index contributed by atoms with van der Waals surface area (Å²) in [5, 5.41) is 6.86. The van der Waals surface area contributed by atoms with Crippen LogP contribution in [0.4, 0.5) is 5.69 Å². The van der Waals surface area contributed by atoms with Gasteiger partial charge in [0.1, 0.15) is 10.9 Å². The number of nitrogens with zero attached hydrogens (tertiary/aromatic N) is 3. The van der Waals surface area contributed by atoms with Gasteiger partial charge >= 0.3 is 5.97 Å². The van der Waals surface area contributed by atoms with Gasteiger partial charge < -0.3 is 10.1 Å². The van der Waals surface area contributed by atoms with E-state index in [0.717, 1.165) is 5.69 Å². The van der Waals surface area contributed by atoms with Crippen molar-refractivity contribution in [2.45, 2.75) is 6.92 Å². The lowest BCUT2D eigenvalue weighted by Crippen LogP contribution is -2.24. The summed E-state index contributed by atoms with van der Waals surface area (Å²) >= 11 is 1.25. The smallest absolute Gasteiger partial charge is 0.338 e. The van der Waals surface area contributed by atoms with Crippen LogP contribution < -0.4 is 15.4 Å². The van der Waals surface area contributed by atoms with Gasteiger partial charge in [-0.2, -0.15) is 9.61 Å². The number of rotatable bonds is 4. The predicted octanol–water partition coefficient (Wildman–Crippen LogP) is 0.897. The molecule has 22 heavy (non-hydrogen) atoms. The highest BCUT2D eigenvalue weighted by atomic mass is 32.1. The summed E-state index contributed by atoms with van der Waals surface area (Å²) in [6.07, 6.45) is 2.95. The standard InChI is InChI=1S/C14H12N4O3S/c1-2-21-13(20)9-3-5-10(6-4-9)15-7-11-12(19)18-14(22-11)16-8-17-18/h3-8,15H,2H2,1H3/b11-7-. The maximum Gasteiger partial charge on any atom is 0.338 e. The third-order valence-electron chi connectivity index (χ3n) is 2.89. The number of ether oxygens (including phenoxy) is 1. The van der Waals surface area contributed by atoms with Crippen molar-refractivity contribution in [1.82, 2.24) is 14.6 Å². The number of nitrogens with one attached hydrogen (secondary N) is 1. The van der Waals surface area contributed by atoms with E-state index in [1.54, 1.807) is 37.4 Å². The molecule has 0 amide bonds. The monoisotopic (exact) mass is 316 g/mol. The molecular formula is C14H12N4O3S. The fraction of sp³-hybridized carbons (Fsp3) is 0.143. The van der Waals surface area contributed by atoms with Gasteiger partial charge in [0.2, 0.25) is 4.96 Å². The molecule has 0 unspecified atom stereocenters. The average molecular weight is 316 g/mol. The first-order valence-corrected chi connectivity index (χ1v) is 7.37. The Morgan fingerprint density at radius 3 is 2.86 bits per heavy atom. The Morgan fingerprint density at radius 2 is 2.18 bits per heavy atom. The zero-order valence-corrected chi connectivity index (χ0v) is 12.5. The van der Waals surface area contributed by atoms with Crippen molar-refractivity contribution in [3.05, 3.63) is 51.0 Å². The van der Waals surface area contributed by atoms with Crippen LogP contribution in [0.3, 0.4) is 0 Å². The van der Waals surface area contributed by atoms with Crippen molar-refractivity contribution in [2.24, 2.45) is 0 Å². The van der Waals surface area contributed by atoms with Crippen molar-refractivity contribution in [2.75, 3.05) is 11.9 Å². The highest BCUT2D eigenvalue weighted by Crippen LogP contribution is 2.10. The van der Waals surface area contributed by atoms with Crippen LogP contribution in [0.25, 0.3) is 11.2 Å². The van der Waals surface area contributed by atoms with Gasteiger partial charge in [-0.3, -0.25) is 4.79 Å². The van der Waals surface area contributed by atoms with Gasteiger partial charge in [0.05, 0.1) is 12.2 Å². The lowest BCUT2D eigenvalue weighted by Gasteiger charge is -2.03. The van der Waals surface area contributed by atoms with E-state index in [4.69, 9.17) is 4.74 Å². The van der Waals surface area contributed by atoms with Crippen LogP contribution in [0.2, 0.25) is 0 Å². The molecule has 0 spiro atoms. The third-order valence-corrected chi connectivity index (χ3v) is 3.86. The van der Waals surface area contributed by atoms with Crippen molar-refractivity contribution < 1.29 is 9.53 Å². The molecule has 1 N–H and O–H groups in total. The van der Waals surface area contributed by atoms with Gasteiger partial charge in [-0.05, 0) is 31.2 Å².